The van der Waals surface area contributed by atoms with E-state index in [-0.39, 0.29) is 5.13 Å². The van der Waals surface area contributed by atoms with Gasteiger partial charge in [0.1, 0.15) is 16.9 Å². The summed E-state index contributed by atoms with van der Waals surface area (Å²) in [5.74, 6) is -3.19. The number of aromatic nitrogens is 1. The van der Waals surface area contributed by atoms with E-state index in [4.69, 9.17) is 9.47 Å². The second kappa shape index (κ2) is 6.62. The van der Waals surface area contributed by atoms with E-state index in [9.17, 15) is 18.4 Å². The summed E-state index contributed by atoms with van der Waals surface area (Å²) in [5, 5.41) is 0.840. The van der Waals surface area contributed by atoms with E-state index < -0.39 is 35.0 Å². The summed E-state index contributed by atoms with van der Waals surface area (Å²) >= 11 is 0.726. The molecular formula is C15H22F2N2O4S. The highest BCUT2D eigenvalue weighted by Crippen LogP contribution is 2.32. The molecule has 0 aromatic carbocycles. The molecule has 0 atom stereocenters. The lowest BCUT2D eigenvalue weighted by Gasteiger charge is -2.27. The van der Waals surface area contributed by atoms with Crippen molar-refractivity contribution < 1.29 is 27.8 Å². The Morgan fingerprint density at radius 1 is 1.00 bits per heavy atom. The molecule has 1 aromatic heterocycles. The van der Waals surface area contributed by atoms with Crippen LogP contribution in [-0.2, 0) is 15.4 Å². The predicted octanol–water partition coefficient (Wildman–Crippen LogP) is 4.93. The van der Waals surface area contributed by atoms with Gasteiger partial charge in [0.2, 0.25) is 5.13 Å². The molecule has 136 valence electrons. The number of hydrogen-bond donors (Lipinski definition) is 0. The summed E-state index contributed by atoms with van der Waals surface area (Å²) in [4.78, 5) is 28.9. The zero-order chi connectivity index (χ0) is 18.9. The summed E-state index contributed by atoms with van der Waals surface area (Å²) in [6.45, 7) is 10.4. The van der Waals surface area contributed by atoms with Crippen LogP contribution in [0.4, 0.5) is 23.5 Å². The Morgan fingerprint density at radius 2 is 1.42 bits per heavy atom. The SMILES string of the molecule is CC(C)(C)OC(=O)N(C(=O)OC(C)(C)C)c1nc(C(C)(F)F)cs1. The summed E-state index contributed by atoms with van der Waals surface area (Å²) in [5.41, 5.74) is -2.31. The minimum atomic E-state index is -3.19. The van der Waals surface area contributed by atoms with E-state index in [0.29, 0.717) is 11.8 Å². The third kappa shape index (κ3) is 6.03. The summed E-state index contributed by atoms with van der Waals surface area (Å²) < 4.78 is 37.0. The molecule has 0 saturated carbocycles. The molecule has 0 aliphatic carbocycles. The number of nitrogens with zero attached hydrogens (tertiary/aromatic N) is 2. The third-order valence-corrected chi connectivity index (χ3v) is 3.11. The standard InChI is InChI=1S/C15H22F2N2O4S/c1-13(2,3)22-11(20)19(12(21)23-14(4,5)6)10-18-9(8-24-10)15(7,16)17/h8H,1-7H3. The van der Waals surface area contributed by atoms with Gasteiger partial charge in [-0.3, -0.25) is 0 Å². The van der Waals surface area contributed by atoms with Crippen molar-refractivity contribution in [1.29, 1.82) is 0 Å². The number of thiazole rings is 1. The molecule has 2 amide bonds. The number of anilines is 1. The zero-order valence-electron chi connectivity index (χ0n) is 14.8. The lowest BCUT2D eigenvalue weighted by molar-refractivity contribution is 0.0131. The Bertz CT molecular complexity index is 584. The van der Waals surface area contributed by atoms with Crippen molar-refractivity contribution in [2.75, 3.05) is 4.90 Å². The van der Waals surface area contributed by atoms with Crippen LogP contribution < -0.4 is 4.90 Å². The number of rotatable bonds is 2. The van der Waals surface area contributed by atoms with Crippen LogP contribution >= 0.6 is 11.3 Å². The van der Waals surface area contributed by atoms with Gasteiger partial charge < -0.3 is 9.47 Å². The molecule has 0 unspecified atom stereocenters. The largest absolute Gasteiger partial charge is 0.443 e. The molecule has 0 aliphatic heterocycles. The summed E-state index contributed by atoms with van der Waals surface area (Å²) in [6.07, 6.45) is -2.09. The van der Waals surface area contributed by atoms with Crippen LogP contribution in [-0.4, -0.2) is 28.4 Å². The highest BCUT2D eigenvalue weighted by atomic mass is 32.1. The van der Waals surface area contributed by atoms with Gasteiger partial charge in [0, 0.05) is 12.3 Å². The smallest absolute Gasteiger partial charge is 0.426 e. The molecule has 0 aliphatic rings. The second-order valence-electron chi connectivity index (χ2n) is 7.20. The topological polar surface area (TPSA) is 68.7 Å². The number of alkyl halides is 2. The summed E-state index contributed by atoms with van der Waals surface area (Å²) in [7, 11) is 0. The van der Waals surface area contributed by atoms with Gasteiger partial charge in [-0.1, -0.05) is 0 Å². The highest BCUT2D eigenvalue weighted by molar-refractivity contribution is 7.14. The van der Waals surface area contributed by atoms with E-state index >= 15 is 0 Å². The van der Waals surface area contributed by atoms with Gasteiger partial charge >= 0.3 is 12.2 Å². The van der Waals surface area contributed by atoms with Crippen molar-refractivity contribution >= 4 is 28.7 Å². The molecule has 1 heterocycles. The minimum absolute atomic E-state index is 0.241. The lowest BCUT2D eigenvalue weighted by Crippen LogP contribution is -2.43. The molecule has 0 bridgehead atoms. The Hall–Kier alpha value is -1.77. The lowest BCUT2D eigenvalue weighted by atomic mass is 10.2. The molecule has 0 saturated heterocycles. The normalized spacial score (nSPS) is 12.7. The average Bonchev–Trinajstić information content (AvgIpc) is 2.72. The first-order valence-corrected chi connectivity index (χ1v) is 8.08. The van der Waals surface area contributed by atoms with Gasteiger partial charge in [-0.05, 0) is 41.5 Å². The number of hydrogen-bond acceptors (Lipinski definition) is 6. The van der Waals surface area contributed by atoms with Gasteiger partial charge in [0.25, 0.3) is 5.92 Å². The Balaban J connectivity index is 3.20. The van der Waals surface area contributed by atoms with Crippen molar-refractivity contribution in [2.24, 2.45) is 0 Å². The van der Waals surface area contributed by atoms with E-state index in [1.807, 2.05) is 0 Å². The van der Waals surface area contributed by atoms with Crippen LogP contribution in [0, 0.1) is 0 Å². The molecule has 0 spiro atoms. The van der Waals surface area contributed by atoms with Crippen LogP contribution in [0.25, 0.3) is 0 Å². The number of imide groups is 1. The van der Waals surface area contributed by atoms with E-state index in [1.165, 1.54) is 0 Å². The molecule has 1 rings (SSSR count). The van der Waals surface area contributed by atoms with Crippen LogP contribution in [0.15, 0.2) is 5.38 Å². The number of carbonyl (C=O) groups is 2. The van der Waals surface area contributed by atoms with Crippen molar-refractivity contribution in [1.82, 2.24) is 4.98 Å². The van der Waals surface area contributed by atoms with Crippen LogP contribution in [0.5, 0.6) is 0 Å². The van der Waals surface area contributed by atoms with Gasteiger partial charge in [0.05, 0.1) is 0 Å². The highest BCUT2D eigenvalue weighted by Gasteiger charge is 2.36. The maximum absolute atomic E-state index is 13.4. The first-order chi connectivity index (χ1) is 10.6. The molecule has 0 radical (unpaired) electrons. The Labute approximate surface area is 143 Å². The Morgan fingerprint density at radius 3 is 1.71 bits per heavy atom. The van der Waals surface area contributed by atoms with Gasteiger partial charge in [-0.15, -0.1) is 11.3 Å². The van der Waals surface area contributed by atoms with Crippen LogP contribution in [0.2, 0.25) is 0 Å². The monoisotopic (exact) mass is 364 g/mol. The van der Waals surface area contributed by atoms with Crippen molar-refractivity contribution in [2.45, 2.75) is 65.6 Å². The molecule has 0 N–H and O–H groups in total. The first-order valence-electron chi connectivity index (χ1n) is 7.20. The second-order valence-corrected chi connectivity index (χ2v) is 8.04. The summed E-state index contributed by atoms with van der Waals surface area (Å²) in [6, 6.07) is 0. The van der Waals surface area contributed by atoms with Crippen molar-refractivity contribution in [3.05, 3.63) is 11.1 Å². The third-order valence-electron chi connectivity index (χ3n) is 2.29. The number of halogens is 2. The van der Waals surface area contributed by atoms with Crippen molar-refractivity contribution in [3.63, 3.8) is 0 Å². The molecular weight excluding hydrogens is 342 g/mol. The van der Waals surface area contributed by atoms with E-state index in [2.05, 4.69) is 4.98 Å². The quantitative estimate of drug-likeness (QED) is 0.744. The maximum Gasteiger partial charge on any atom is 0.426 e. The number of ether oxygens (including phenoxy) is 2. The minimum Gasteiger partial charge on any atom is -0.443 e. The molecule has 1 aromatic rings. The molecule has 9 heteroatoms. The fourth-order valence-corrected chi connectivity index (χ4v) is 2.30. The zero-order valence-corrected chi connectivity index (χ0v) is 15.6. The predicted molar refractivity (Wildman–Crippen MR) is 86.6 cm³/mol. The number of carbonyl (C=O) groups excluding carboxylic acids is 2. The van der Waals surface area contributed by atoms with Crippen LogP contribution in [0.1, 0.15) is 54.2 Å². The van der Waals surface area contributed by atoms with E-state index in [1.54, 1.807) is 41.5 Å². The average molecular weight is 364 g/mol. The van der Waals surface area contributed by atoms with Crippen LogP contribution in [0.3, 0.4) is 0 Å². The fourth-order valence-electron chi connectivity index (χ4n) is 1.41. The maximum atomic E-state index is 13.4. The molecule has 24 heavy (non-hydrogen) atoms. The van der Waals surface area contributed by atoms with Gasteiger partial charge in [-0.2, -0.15) is 13.7 Å². The molecule has 6 nitrogen and oxygen atoms in total. The Kier molecular flexibility index (Phi) is 5.59. The number of amides is 2. The van der Waals surface area contributed by atoms with E-state index in [0.717, 1.165) is 16.7 Å². The van der Waals surface area contributed by atoms with Crippen molar-refractivity contribution in [3.8, 4) is 0 Å². The van der Waals surface area contributed by atoms with Gasteiger partial charge in [0.15, 0.2) is 0 Å². The fraction of sp³-hybridized carbons (Fsp3) is 0.667. The first kappa shape index (κ1) is 20.3. The van der Waals surface area contributed by atoms with Gasteiger partial charge in [-0.25, -0.2) is 14.6 Å². The molecule has 0 fully saturated rings.